The average molecular weight is 735 g/mol. The summed E-state index contributed by atoms with van der Waals surface area (Å²) in [6.45, 7) is 19.0. The molecule has 1 N–H and O–H groups in total. The van der Waals surface area contributed by atoms with Gasteiger partial charge in [-0.25, -0.2) is 0 Å². The van der Waals surface area contributed by atoms with E-state index in [1.165, 1.54) is 74.5 Å². The Morgan fingerprint density at radius 3 is 1.87 bits per heavy atom. The Morgan fingerprint density at radius 2 is 1.28 bits per heavy atom. The summed E-state index contributed by atoms with van der Waals surface area (Å²) in [4.78, 5) is 12.6. The third-order valence-electron chi connectivity index (χ3n) is 10.5. The van der Waals surface area contributed by atoms with Gasteiger partial charge in [0.2, 0.25) is 0 Å². The van der Waals surface area contributed by atoms with Crippen LogP contribution in [0.15, 0.2) is 59.2 Å². The highest BCUT2D eigenvalue weighted by atomic mass is 16.8. The lowest BCUT2D eigenvalue weighted by Gasteiger charge is -2.24. The van der Waals surface area contributed by atoms with Crippen LogP contribution in [0, 0.1) is 6.92 Å². The van der Waals surface area contributed by atoms with Gasteiger partial charge in [0.1, 0.15) is 11.5 Å². The summed E-state index contributed by atoms with van der Waals surface area (Å²) in [6, 6.07) is 3.58. The molecule has 0 aromatic heterocycles. The molecule has 1 atom stereocenters. The molecule has 1 heterocycles. The Labute approximate surface area is 325 Å². The fourth-order valence-corrected chi connectivity index (χ4v) is 7.21. The first-order chi connectivity index (χ1) is 25.2. The van der Waals surface area contributed by atoms with E-state index in [0.717, 1.165) is 75.3 Å². The molecule has 2 rings (SSSR count). The fraction of sp³-hybridized carbons (Fsp3) is 0.688. The van der Waals surface area contributed by atoms with E-state index in [4.69, 9.17) is 14.2 Å². The van der Waals surface area contributed by atoms with Crippen LogP contribution >= 0.6 is 0 Å². The average Bonchev–Trinajstić information content (AvgIpc) is 3.31. The first-order valence-electron chi connectivity index (χ1n) is 21.3. The van der Waals surface area contributed by atoms with Gasteiger partial charge in [-0.05, 0) is 150 Å². The Morgan fingerprint density at radius 1 is 0.736 bits per heavy atom. The van der Waals surface area contributed by atoms with Gasteiger partial charge in [-0.3, -0.25) is 4.79 Å². The van der Waals surface area contributed by atoms with Crippen LogP contribution in [0.25, 0.3) is 0 Å². The van der Waals surface area contributed by atoms with Crippen molar-refractivity contribution in [2.24, 2.45) is 0 Å². The van der Waals surface area contributed by atoms with Crippen molar-refractivity contribution >= 4 is 5.97 Å². The summed E-state index contributed by atoms with van der Waals surface area (Å²) in [5, 5.41) is 10.7. The maximum atomic E-state index is 12.6. The van der Waals surface area contributed by atoms with Crippen molar-refractivity contribution in [1.29, 1.82) is 0 Å². The lowest BCUT2D eigenvalue weighted by molar-refractivity contribution is -0.157. The van der Waals surface area contributed by atoms with Crippen LogP contribution in [0.3, 0.4) is 0 Å². The van der Waals surface area contributed by atoms with Crippen LogP contribution in [0.5, 0.6) is 11.5 Å². The Hall–Kier alpha value is -2.63. The first-order valence-corrected chi connectivity index (χ1v) is 21.3. The van der Waals surface area contributed by atoms with Gasteiger partial charge in [0.15, 0.2) is 5.79 Å². The number of benzene rings is 1. The summed E-state index contributed by atoms with van der Waals surface area (Å²) < 4.78 is 17.9. The number of unbranched alkanes of at least 4 members (excludes halogenated alkanes) is 11. The Bertz CT molecular complexity index is 1330. The highest BCUT2D eigenvalue weighted by molar-refractivity contribution is 5.72. The van der Waals surface area contributed by atoms with Gasteiger partial charge < -0.3 is 19.3 Å². The number of esters is 1. The van der Waals surface area contributed by atoms with Crippen LogP contribution in [-0.4, -0.2) is 28.6 Å². The van der Waals surface area contributed by atoms with Crippen molar-refractivity contribution in [3.63, 3.8) is 0 Å². The van der Waals surface area contributed by atoms with Gasteiger partial charge in [0.25, 0.3) is 0 Å². The summed E-state index contributed by atoms with van der Waals surface area (Å²) in [7, 11) is 0. The summed E-state index contributed by atoms with van der Waals surface area (Å²) >= 11 is 0. The number of rotatable bonds is 27. The van der Waals surface area contributed by atoms with E-state index >= 15 is 0 Å². The first kappa shape index (κ1) is 46.5. The van der Waals surface area contributed by atoms with Crippen LogP contribution in [0.4, 0.5) is 0 Å². The van der Waals surface area contributed by atoms with E-state index in [0.29, 0.717) is 18.6 Å². The quantitative estimate of drug-likeness (QED) is 0.0422. The standard InChI is InChI=1S/C48H78O5/c1-10-11-12-13-14-15-16-17-18-19-20-21-22-23-24-31-45(49)51-43-36-41(5)46(50)42(37-43)34-32-39(3)29-25-27-38(2)28-26-30-40(4)33-35-44-47(6,7)53-48(8,9)52-44/h17-18,27,30,32,36-37,44,50H,10-16,19-26,28-29,31,33-35H2,1-9H3/b18-17-,38-27+,39-32+,40-30+/t44-/m1/s1. The highest BCUT2D eigenvalue weighted by Crippen LogP contribution is 2.38. The molecule has 5 nitrogen and oxygen atoms in total. The molecule has 1 aromatic carbocycles. The molecule has 0 amide bonds. The van der Waals surface area contributed by atoms with Crippen molar-refractivity contribution in [3.8, 4) is 11.5 Å². The number of carbonyl (C=O) groups is 1. The maximum Gasteiger partial charge on any atom is 0.311 e. The lowest BCUT2D eigenvalue weighted by atomic mass is 9.95. The van der Waals surface area contributed by atoms with Crippen molar-refractivity contribution in [2.75, 3.05) is 0 Å². The number of allylic oxidation sites excluding steroid dienone is 8. The Kier molecular flexibility index (Phi) is 22.3. The van der Waals surface area contributed by atoms with Gasteiger partial charge in [-0.2, -0.15) is 0 Å². The second-order valence-corrected chi connectivity index (χ2v) is 16.7. The van der Waals surface area contributed by atoms with Gasteiger partial charge in [0.05, 0.1) is 11.7 Å². The molecule has 0 bridgehead atoms. The molecule has 53 heavy (non-hydrogen) atoms. The third kappa shape index (κ3) is 20.6. The molecule has 1 aromatic rings. The van der Waals surface area contributed by atoms with Crippen molar-refractivity contribution < 1.29 is 24.1 Å². The minimum absolute atomic E-state index is 0.116. The SMILES string of the molecule is CCCCCCCC/C=C\CCCCCCCC(=O)Oc1cc(C)c(O)c(C/C=C(\C)CC/C=C(\C)CC/C=C(\C)CC[C@H]2OC(C)(C)OC2(C)C)c1. The molecule has 0 saturated carbocycles. The van der Waals surface area contributed by atoms with E-state index in [1.807, 2.05) is 26.8 Å². The van der Waals surface area contributed by atoms with Crippen molar-refractivity contribution in [3.05, 3.63) is 70.4 Å². The van der Waals surface area contributed by atoms with Crippen molar-refractivity contribution in [1.82, 2.24) is 0 Å². The predicted molar refractivity (Wildman–Crippen MR) is 225 cm³/mol. The molecule has 0 aliphatic carbocycles. The van der Waals surface area contributed by atoms with Crippen LogP contribution in [0.2, 0.25) is 0 Å². The zero-order chi connectivity index (χ0) is 39.1. The molecule has 0 unspecified atom stereocenters. The number of hydrogen-bond donors (Lipinski definition) is 1. The zero-order valence-corrected chi connectivity index (χ0v) is 35.5. The van der Waals surface area contributed by atoms with E-state index in [1.54, 1.807) is 6.07 Å². The molecule has 0 spiro atoms. The number of phenols is 1. The summed E-state index contributed by atoms with van der Waals surface area (Å²) in [5.74, 6) is 0.102. The number of hydrogen-bond acceptors (Lipinski definition) is 5. The predicted octanol–water partition coefficient (Wildman–Crippen LogP) is 14.3. The van der Waals surface area contributed by atoms with E-state index < -0.39 is 5.79 Å². The van der Waals surface area contributed by atoms with Crippen LogP contribution < -0.4 is 4.74 Å². The monoisotopic (exact) mass is 735 g/mol. The molecule has 1 fully saturated rings. The minimum Gasteiger partial charge on any atom is -0.507 e. The van der Waals surface area contributed by atoms with Crippen LogP contribution in [-0.2, 0) is 20.7 Å². The number of aromatic hydroxyl groups is 1. The maximum absolute atomic E-state index is 12.6. The summed E-state index contributed by atoms with van der Waals surface area (Å²) in [5.41, 5.74) is 5.39. The van der Waals surface area contributed by atoms with Gasteiger partial charge >= 0.3 is 5.97 Å². The largest absolute Gasteiger partial charge is 0.507 e. The van der Waals surface area contributed by atoms with Crippen LogP contribution in [0.1, 0.15) is 195 Å². The number of phenolic OH excluding ortho intramolecular Hbond substituents is 1. The van der Waals surface area contributed by atoms with E-state index in [-0.39, 0.29) is 23.4 Å². The molecular weight excluding hydrogens is 657 g/mol. The minimum atomic E-state index is -0.507. The smallest absolute Gasteiger partial charge is 0.311 e. The van der Waals surface area contributed by atoms with Gasteiger partial charge in [0, 0.05) is 12.0 Å². The number of ether oxygens (including phenoxy) is 3. The second-order valence-electron chi connectivity index (χ2n) is 16.7. The highest BCUT2D eigenvalue weighted by Gasteiger charge is 2.46. The molecule has 300 valence electrons. The second kappa shape index (κ2) is 25.4. The normalized spacial score (nSPS) is 17.6. The summed E-state index contributed by atoms with van der Waals surface area (Å²) in [6.07, 6.45) is 34.9. The fourth-order valence-electron chi connectivity index (χ4n) is 7.21. The van der Waals surface area contributed by atoms with Gasteiger partial charge in [-0.15, -0.1) is 0 Å². The molecule has 5 heteroatoms. The van der Waals surface area contributed by atoms with Gasteiger partial charge in [-0.1, -0.05) is 105 Å². The Balaban J connectivity index is 1.64. The molecule has 1 saturated heterocycles. The number of aryl methyl sites for hydroxylation is 1. The number of carbonyl (C=O) groups excluding carboxylic acids is 1. The van der Waals surface area contributed by atoms with E-state index in [2.05, 4.69) is 71.9 Å². The molecule has 1 aliphatic rings. The topological polar surface area (TPSA) is 65.0 Å². The molecule has 0 radical (unpaired) electrons. The van der Waals surface area contributed by atoms with Crippen molar-refractivity contribution in [2.45, 2.75) is 215 Å². The zero-order valence-electron chi connectivity index (χ0n) is 35.5. The lowest BCUT2D eigenvalue weighted by Crippen LogP contribution is -2.33. The third-order valence-corrected chi connectivity index (χ3v) is 10.5. The molecule has 1 aliphatic heterocycles. The van der Waals surface area contributed by atoms with E-state index in [9.17, 15) is 9.90 Å². The molecular formula is C48H78O5.